The second-order valence-corrected chi connectivity index (χ2v) is 4.73. The summed E-state index contributed by atoms with van der Waals surface area (Å²) in [5.41, 5.74) is 1.83. The van der Waals surface area contributed by atoms with E-state index >= 15 is 0 Å². The van der Waals surface area contributed by atoms with E-state index in [4.69, 9.17) is 4.74 Å². The van der Waals surface area contributed by atoms with Crippen LogP contribution in [0.5, 0.6) is 0 Å². The zero-order valence-electron chi connectivity index (χ0n) is 11.0. The molecule has 3 rings (SSSR count). The highest BCUT2D eigenvalue weighted by molar-refractivity contribution is 5.79. The minimum atomic E-state index is -0.0876. The molecule has 1 amide bonds. The molecule has 0 unspecified atom stereocenters. The predicted molar refractivity (Wildman–Crippen MR) is 71.8 cm³/mol. The lowest BCUT2D eigenvalue weighted by molar-refractivity contribution is -0.139. The van der Waals surface area contributed by atoms with E-state index in [1.807, 2.05) is 23.1 Å². The van der Waals surface area contributed by atoms with E-state index in [2.05, 4.69) is 15.2 Å². The van der Waals surface area contributed by atoms with Crippen LogP contribution in [0.1, 0.15) is 17.3 Å². The number of rotatable bonds is 3. The van der Waals surface area contributed by atoms with Crippen LogP contribution in [0, 0.1) is 0 Å². The van der Waals surface area contributed by atoms with Crippen molar-refractivity contribution in [3.05, 3.63) is 48.0 Å². The number of hydrogen-bond acceptors (Lipinski definition) is 4. The Morgan fingerprint density at radius 3 is 3.15 bits per heavy atom. The molecule has 2 aromatic heterocycles. The van der Waals surface area contributed by atoms with E-state index in [1.54, 1.807) is 18.6 Å². The molecular weight excluding hydrogens is 256 g/mol. The number of amides is 1. The second-order valence-electron chi connectivity index (χ2n) is 4.73. The Kier molecular flexibility index (Phi) is 3.73. The number of ether oxygens (including phenoxy) is 1. The molecule has 1 fully saturated rings. The molecule has 0 aromatic carbocycles. The van der Waals surface area contributed by atoms with E-state index < -0.39 is 0 Å². The molecule has 20 heavy (non-hydrogen) atoms. The van der Waals surface area contributed by atoms with Crippen molar-refractivity contribution < 1.29 is 9.53 Å². The topological polar surface area (TPSA) is 71.1 Å². The van der Waals surface area contributed by atoms with Gasteiger partial charge in [-0.15, -0.1) is 0 Å². The number of H-pyrrole nitrogens is 1. The number of nitrogens with zero attached hydrogens (tertiary/aromatic N) is 3. The van der Waals surface area contributed by atoms with Crippen molar-refractivity contribution >= 4 is 5.91 Å². The number of nitrogens with one attached hydrogen (secondary N) is 1. The van der Waals surface area contributed by atoms with Crippen LogP contribution in [0.15, 0.2) is 36.8 Å². The molecule has 0 saturated carbocycles. The molecule has 0 spiro atoms. The van der Waals surface area contributed by atoms with Gasteiger partial charge in [-0.2, -0.15) is 5.10 Å². The average Bonchev–Trinajstić information content (AvgIpc) is 3.02. The van der Waals surface area contributed by atoms with Crippen molar-refractivity contribution in [1.82, 2.24) is 20.1 Å². The molecule has 2 aromatic rings. The van der Waals surface area contributed by atoms with Crippen molar-refractivity contribution in [1.29, 1.82) is 0 Å². The molecule has 1 atom stereocenters. The molecular formula is C14H16N4O2. The quantitative estimate of drug-likeness (QED) is 0.903. The van der Waals surface area contributed by atoms with Crippen LogP contribution in [0.4, 0.5) is 0 Å². The fraction of sp³-hybridized carbons (Fsp3) is 0.357. The lowest BCUT2D eigenvalue weighted by Crippen LogP contribution is -2.44. The largest absolute Gasteiger partial charge is 0.377 e. The summed E-state index contributed by atoms with van der Waals surface area (Å²) < 4.78 is 5.48. The van der Waals surface area contributed by atoms with Crippen LogP contribution < -0.4 is 0 Å². The number of carbonyl (C=O) groups is 1. The molecule has 6 nitrogen and oxygen atoms in total. The molecule has 1 aliphatic heterocycles. The first kappa shape index (κ1) is 12.8. The third kappa shape index (κ3) is 2.70. The Labute approximate surface area is 116 Å². The summed E-state index contributed by atoms with van der Waals surface area (Å²) >= 11 is 0. The van der Waals surface area contributed by atoms with Gasteiger partial charge in [0.15, 0.2) is 0 Å². The number of aromatic nitrogens is 3. The molecule has 6 heteroatoms. The lowest BCUT2D eigenvalue weighted by atomic mass is 10.1. The number of pyridine rings is 1. The van der Waals surface area contributed by atoms with E-state index in [9.17, 15) is 4.79 Å². The first-order chi connectivity index (χ1) is 9.84. The van der Waals surface area contributed by atoms with Crippen LogP contribution in [0.25, 0.3) is 0 Å². The maximum Gasteiger partial charge on any atom is 0.227 e. The standard InChI is InChI=1S/C14H16N4O2/c19-14(8-11-2-1-4-15-9-11)18-6-7-20-10-13(18)12-3-5-16-17-12/h1-5,9,13H,6-8,10H2,(H,16,17)/t13-/m1/s1. The summed E-state index contributed by atoms with van der Waals surface area (Å²) in [6.07, 6.45) is 5.48. The van der Waals surface area contributed by atoms with Crippen molar-refractivity contribution in [2.45, 2.75) is 12.5 Å². The van der Waals surface area contributed by atoms with Crippen LogP contribution in [-0.2, 0) is 16.0 Å². The monoisotopic (exact) mass is 272 g/mol. The van der Waals surface area contributed by atoms with Gasteiger partial charge in [-0.25, -0.2) is 0 Å². The SMILES string of the molecule is O=C(Cc1cccnc1)N1CCOC[C@@H]1c1ccn[nH]1. The molecule has 0 bridgehead atoms. The number of hydrogen-bond donors (Lipinski definition) is 1. The van der Waals surface area contributed by atoms with Crippen molar-refractivity contribution in [2.75, 3.05) is 19.8 Å². The highest BCUT2D eigenvalue weighted by Crippen LogP contribution is 2.23. The van der Waals surface area contributed by atoms with Gasteiger partial charge >= 0.3 is 0 Å². The zero-order valence-corrected chi connectivity index (χ0v) is 11.0. The third-order valence-electron chi connectivity index (χ3n) is 3.41. The van der Waals surface area contributed by atoms with E-state index in [0.29, 0.717) is 26.2 Å². The van der Waals surface area contributed by atoms with Crippen LogP contribution in [0.3, 0.4) is 0 Å². The summed E-state index contributed by atoms with van der Waals surface area (Å²) in [6.45, 7) is 1.67. The number of morpholine rings is 1. The molecule has 0 radical (unpaired) electrons. The number of carbonyl (C=O) groups excluding carboxylic acids is 1. The highest BCUT2D eigenvalue weighted by Gasteiger charge is 2.29. The van der Waals surface area contributed by atoms with Crippen LogP contribution >= 0.6 is 0 Å². The van der Waals surface area contributed by atoms with Crippen molar-refractivity contribution in [3.63, 3.8) is 0 Å². The zero-order chi connectivity index (χ0) is 13.8. The Hall–Kier alpha value is -2.21. The first-order valence-electron chi connectivity index (χ1n) is 6.60. The van der Waals surface area contributed by atoms with E-state index in [-0.39, 0.29) is 11.9 Å². The lowest BCUT2D eigenvalue weighted by Gasteiger charge is -2.35. The van der Waals surface area contributed by atoms with Gasteiger partial charge in [-0.3, -0.25) is 14.9 Å². The molecule has 1 aliphatic rings. The average molecular weight is 272 g/mol. The summed E-state index contributed by atoms with van der Waals surface area (Å²) in [5, 5.41) is 6.87. The Morgan fingerprint density at radius 2 is 2.40 bits per heavy atom. The third-order valence-corrected chi connectivity index (χ3v) is 3.41. The summed E-state index contributed by atoms with van der Waals surface area (Å²) in [6, 6.07) is 5.55. The minimum Gasteiger partial charge on any atom is -0.377 e. The smallest absolute Gasteiger partial charge is 0.227 e. The Morgan fingerprint density at radius 1 is 1.45 bits per heavy atom. The van der Waals surface area contributed by atoms with Gasteiger partial charge in [0.25, 0.3) is 0 Å². The summed E-state index contributed by atoms with van der Waals surface area (Å²) in [7, 11) is 0. The van der Waals surface area contributed by atoms with Gasteiger partial charge in [-0.1, -0.05) is 6.07 Å². The normalized spacial score (nSPS) is 19.0. The van der Waals surface area contributed by atoms with Crippen molar-refractivity contribution in [3.8, 4) is 0 Å². The van der Waals surface area contributed by atoms with E-state index in [1.165, 1.54) is 0 Å². The Balaban J connectivity index is 1.74. The number of aromatic amines is 1. The second kappa shape index (κ2) is 5.83. The molecule has 1 N–H and O–H groups in total. The summed E-state index contributed by atoms with van der Waals surface area (Å²) in [5.74, 6) is 0.0842. The maximum absolute atomic E-state index is 12.5. The maximum atomic E-state index is 12.5. The fourth-order valence-electron chi connectivity index (χ4n) is 2.39. The van der Waals surface area contributed by atoms with Gasteiger partial charge in [0.2, 0.25) is 5.91 Å². The minimum absolute atomic E-state index is 0.0842. The Bertz CT molecular complexity index is 556. The first-order valence-corrected chi connectivity index (χ1v) is 6.60. The van der Waals surface area contributed by atoms with Gasteiger partial charge in [0.1, 0.15) is 0 Å². The van der Waals surface area contributed by atoms with Gasteiger partial charge in [0, 0.05) is 25.1 Å². The summed E-state index contributed by atoms with van der Waals surface area (Å²) in [4.78, 5) is 18.4. The highest BCUT2D eigenvalue weighted by atomic mass is 16.5. The molecule has 104 valence electrons. The van der Waals surface area contributed by atoms with E-state index in [0.717, 1.165) is 11.3 Å². The van der Waals surface area contributed by atoms with Gasteiger partial charge in [-0.05, 0) is 17.7 Å². The molecule has 1 saturated heterocycles. The predicted octanol–water partition coefficient (Wildman–Crippen LogP) is 0.947. The van der Waals surface area contributed by atoms with Crippen LogP contribution in [0.2, 0.25) is 0 Å². The fourth-order valence-corrected chi connectivity index (χ4v) is 2.39. The molecule has 3 heterocycles. The van der Waals surface area contributed by atoms with Gasteiger partial charge < -0.3 is 9.64 Å². The van der Waals surface area contributed by atoms with Crippen molar-refractivity contribution in [2.24, 2.45) is 0 Å². The van der Waals surface area contributed by atoms with Gasteiger partial charge in [0.05, 0.1) is 31.4 Å². The van der Waals surface area contributed by atoms with Crippen LogP contribution in [-0.4, -0.2) is 45.7 Å². The molecule has 0 aliphatic carbocycles.